The third-order valence-electron chi connectivity index (χ3n) is 3.30. The first-order valence-corrected chi connectivity index (χ1v) is 7.99. The number of aromatic nitrogens is 5. The highest BCUT2D eigenvalue weighted by atomic mass is 35.5. The first-order valence-electron chi connectivity index (χ1n) is 7.23. The van der Waals surface area contributed by atoms with Crippen LogP contribution in [0.4, 0.5) is 5.95 Å². The number of carbonyl (C=O) groups excluding carboxylic acids is 1. The van der Waals surface area contributed by atoms with Crippen LogP contribution in [-0.4, -0.2) is 30.5 Å². The van der Waals surface area contributed by atoms with Crippen molar-refractivity contribution in [2.24, 2.45) is 0 Å². The number of halogens is 2. The summed E-state index contributed by atoms with van der Waals surface area (Å²) in [5.74, 6) is -0.207. The fourth-order valence-corrected chi connectivity index (χ4v) is 2.68. The van der Waals surface area contributed by atoms with Crippen molar-refractivity contribution in [3.8, 4) is 0 Å². The van der Waals surface area contributed by atoms with Gasteiger partial charge in [-0.2, -0.15) is 5.10 Å². The van der Waals surface area contributed by atoms with Crippen molar-refractivity contribution >= 4 is 35.1 Å². The smallest absolute Gasteiger partial charge is 0.277 e. The zero-order valence-corrected chi connectivity index (χ0v) is 14.3. The van der Waals surface area contributed by atoms with E-state index < -0.39 is 5.91 Å². The van der Waals surface area contributed by atoms with Crippen LogP contribution in [0.25, 0.3) is 0 Å². The molecule has 1 aromatic carbocycles. The van der Waals surface area contributed by atoms with E-state index in [1.807, 2.05) is 25.1 Å². The second-order valence-electron chi connectivity index (χ2n) is 5.01. The van der Waals surface area contributed by atoms with Gasteiger partial charge >= 0.3 is 0 Å². The lowest BCUT2D eigenvalue weighted by atomic mass is 10.2. The van der Waals surface area contributed by atoms with E-state index in [2.05, 4.69) is 20.5 Å². The molecule has 1 amide bonds. The van der Waals surface area contributed by atoms with Gasteiger partial charge in [0.2, 0.25) is 5.95 Å². The third kappa shape index (κ3) is 3.58. The Hall–Kier alpha value is -2.38. The van der Waals surface area contributed by atoms with Crippen molar-refractivity contribution in [3.63, 3.8) is 0 Å². The molecule has 24 heavy (non-hydrogen) atoms. The van der Waals surface area contributed by atoms with Gasteiger partial charge in [-0.05, 0) is 24.6 Å². The van der Waals surface area contributed by atoms with E-state index in [0.717, 1.165) is 5.56 Å². The monoisotopic (exact) mass is 364 g/mol. The number of carbonyl (C=O) groups is 1. The summed E-state index contributed by atoms with van der Waals surface area (Å²) in [5, 5.41) is 11.8. The molecule has 0 aliphatic rings. The van der Waals surface area contributed by atoms with E-state index in [1.165, 1.54) is 17.2 Å². The van der Waals surface area contributed by atoms with E-state index in [4.69, 9.17) is 23.2 Å². The minimum atomic E-state index is -0.403. The molecule has 1 N–H and O–H groups in total. The SMILES string of the molecule is CCn1ncc(Cl)c1C(=O)Nc1ncn(Cc2cccc(Cl)c2)n1. The molecule has 0 bridgehead atoms. The Labute approximate surface area is 148 Å². The van der Waals surface area contributed by atoms with E-state index in [1.54, 1.807) is 10.7 Å². The van der Waals surface area contributed by atoms with Gasteiger partial charge in [-0.3, -0.25) is 14.8 Å². The highest BCUT2D eigenvalue weighted by Gasteiger charge is 2.18. The average molecular weight is 365 g/mol. The maximum atomic E-state index is 12.3. The Morgan fingerprint density at radius 2 is 2.17 bits per heavy atom. The van der Waals surface area contributed by atoms with Crippen LogP contribution < -0.4 is 5.32 Å². The molecule has 0 radical (unpaired) electrons. The summed E-state index contributed by atoms with van der Waals surface area (Å²) in [6.07, 6.45) is 2.97. The minimum absolute atomic E-state index is 0.196. The first kappa shape index (κ1) is 16.5. The summed E-state index contributed by atoms with van der Waals surface area (Å²) >= 11 is 12.0. The average Bonchev–Trinajstić information content (AvgIpc) is 3.13. The fourth-order valence-electron chi connectivity index (χ4n) is 2.24. The van der Waals surface area contributed by atoms with Crippen molar-refractivity contribution in [2.45, 2.75) is 20.0 Å². The Kier molecular flexibility index (Phi) is 4.82. The highest BCUT2D eigenvalue weighted by Crippen LogP contribution is 2.16. The van der Waals surface area contributed by atoms with Gasteiger partial charge in [-0.15, -0.1) is 5.10 Å². The summed E-state index contributed by atoms with van der Waals surface area (Å²) in [5.41, 5.74) is 1.27. The summed E-state index contributed by atoms with van der Waals surface area (Å²) in [7, 11) is 0. The molecule has 2 heterocycles. The molecule has 7 nitrogen and oxygen atoms in total. The van der Waals surface area contributed by atoms with Gasteiger partial charge in [0.15, 0.2) is 0 Å². The van der Waals surface area contributed by atoms with E-state index in [9.17, 15) is 4.79 Å². The minimum Gasteiger partial charge on any atom is -0.288 e. The maximum absolute atomic E-state index is 12.3. The molecular formula is C15H14Cl2N6O. The third-order valence-corrected chi connectivity index (χ3v) is 3.82. The Bertz CT molecular complexity index is 872. The Morgan fingerprint density at radius 3 is 2.92 bits per heavy atom. The zero-order chi connectivity index (χ0) is 17.1. The summed E-state index contributed by atoms with van der Waals surface area (Å²) in [6.45, 7) is 2.90. The lowest BCUT2D eigenvalue weighted by Crippen LogP contribution is -2.18. The second-order valence-corrected chi connectivity index (χ2v) is 5.85. The van der Waals surface area contributed by atoms with Gasteiger partial charge < -0.3 is 0 Å². The number of hydrogen-bond acceptors (Lipinski definition) is 4. The molecule has 0 aliphatic carbocycles. The fraction of sp³-hybridized carbons (Fsp3) is 0.200. The lowest BCUT2D eigenvalue weighted by Gasteiger charge is -2.04. The van der Waals surface area contributed by atoms with E-state index in [0.29, 0.717) is 18.1 Å². The molecule has 0 saturated heterocycles. The summed E-state index contributed by atoms with van der Waals surface area (Å²) < 4.78 is 3.13. The number of amides is 1. The number of rotatable bonds is 5. The Morgan fingerprint density at radius 1 is 1.33 bits per heavy atom. The maximum Gasteiger partial charge on any atom is 0.277 e. The molecule has 0 spiro atoms. The normalized spacial score (nSPS) is 10.8. The molecule has 3 rings (SSSR count). The second kappa shape index (κ2) is 7.02. The first-order chi connectivity index (χ1) is 11.6. The van der Waals surface area contributed by atoms with Crippen LogP contribution in [0.2, 0.25) is 10.0 Å². The molecule has 0 atom stereocenters. The number of anilines is 1. The highest BCUT2D eigenvalue weighted by molar-refractivity contribution is 6.34. The van der Waals surface area contributed by atoms with Gasteiger partial charge in [0.1, 0.15) is 12.0 Å². The number of aryl methyl sites for hydroxylation is 1. The lowest BCUT2D eigenvalue weighted by molar-refractivity contribution is 0.101. The van der Waals surface area contributed by atoms with Crippen molar-refractivity contribution in [2.75, 3.05) is 5.32 Å². The predicted molar refractivity (Wildman–Crippen MR) is 91.4 cm³/mol. The zero-order valence-electron chi connectivity index (χ0n) is 12.8. The van der Waals surface area contributed by atoms with Crippen LogP contribution in [0.15, 0.2) is 36.8 Å². The number of benzene rings is 1. The molecule has 3 aromatic rings. The topological polar surface area (TPSA) is 77.6 Å². The summed E-state index contributed by atoms with van der Waals surface area (Å²) in [6, 6.07) is 7.45. The molecule has 0 saturated carbocycles. The van der Waals surface area contributed by atoms with Gasteiger partial charge in [-0.25, -0.2) is 9.67 Å². The largest absolute Gasteiger partial charge is 0.288 e. The summed E-state index contributed by atoms with van der Waals surface area (Å²) in [4.78, 5) is 16.4. The van der Waals surface area contributed by atoms with Crippen molar-refractivity contribution < 1.29 is 4.79 Å². The number of hydrogen-bond donors (Lipinski definition) is 1. The van der Waals surface area contributed by atoms with E-state index in [-0.39, 0.29) is 16.7 Å². The van der Waals surface area contributed by atoms with Crippen molar-refractivity contribution in [1.29, 1.82) is 0 Å². The quantitative estimate of drug-likeness (QED) is 0.754. The van der Waals surface area contributed by atoms with Gasteiger partial charge in [0.05, 0.1) is 17.8 Å². The number of nitrogens with zero attached hydrogens (tertiary/aromatic N) is 5. The van der Waals surface area contributed by atoms with Crippen LogP contribution in [0.1, 0.15) is 23.0 Å². The molecule has 9 heteroatoms. The van der Waals surface area contributed by atoms with Crippen LogP contribution in [-0.2, 0) is 13.1 Å². The molecule has 0 fully saturated rings. The van der Waals surface area contributed by atoms with Crippen LogP contribution in [0, 0.1) is 0 Å². The molecule has 0 unspecified atom stereocenters. The van der Waals surface area contributed by atoms with Crippen LogP contribution >= 0.6 is 23.2 Å². The molecule has 2 aromatic heterocycles. The van der Waals surface area contributed by atoms with Gasteiger partial charge in [0, 0.05) is 11.6 Å². The van der Waals surface area contributed by atoms with Crippen molar-refractivity contribution in [3.05, 3.63) is 58.1 Å². The van der Waals surface area contributed by atoms with Gasteiger partial charge in [0.25, 0.3) is 5.91 Å². The Balaban J connectivity index is 1.72. The number of nitrogens with one attached hydrogen (secondary N) is 1. The molecule has 124 valence electrons. The van der Waals surface area contributed by atoms with E-state index >= 15 is 0 Å². The van der Waals surface area contributed by atoms with Crippen LogP contribution in [0.5, 0.6) is 0 Å². The molecule has 0 aliphatic heterocycles. The molecular weight excluding hydrogens is 351 g/mol. The predicted octanol–water partition coefficient (Wildman–Crippen LogP) is 3.10. The van der Waals surface area contributed by atoms with Crippen LogP contribution in [0.3, 0.4) is 0 Å². The van der Waals surface area contributed by atoms with Gasteiger partial charge in [-0.1, -0.05) is 35.3 Å². The standard InChI is InChI=1S/C15H14Cl2N6O/c1-2-23-13(12(17)7-19-23)14(24)20-15-18-9-22(21-15)8-10-4-3-5-11(16)6-10/h3-7,9H,2,8H2,1H3,(H,20,21,24). The van der Waals surface area contributed by atoms with Crippen molar-refractivity contribution in [1.82, 2.24) is 24.5 Å².